The first kappa shape index (κ1) is 13.7. The fourth-order valence-electron chi connectivity index (χ4n) is 1.78. The Morgan fingerprint density at radius 1 is 1.11 bits per heavy atom. The Morgan fingerprint density at radius 2 is 1.89 bits per heavy atom. The monoisotopic (exact) mass is 321 g/mol. The molecule has 0 spiro atoms. The number of nitrogen functional groups attached to an aromatic ring is 1. The van der Waals surface area contributed by atoms with Crippen LogP contribution in [0.3, 0.4) is 0 Å². The van der Waals surface area contributed by atoms with E-state index in [4.69, 9.17) is 15.2 Å². The molecule has 2 N–H and O–H groups in total. The summed E-state index contributed by atoms with van der Waals surface area (Å²) in [7, 11) is 1.65. The summed E-state index contributed by atoms with van der Waals surface area (Å²) in [5.74, 6) is 1.50. The fourth-order valence-corrected chi connectivity index (χ4v) is 2.19. The van der Waals surface area contributed by atoms with Crippen LogP contribution in [0.25, 0.3) is 0 Å². The van der Waals surface area contributed by atoms with E-state index in [0.29, 0.717) is 18.0 Å². The van der Waals surface area contributed by atoms with Crippen molar-refractivity contribution in [3.63, 3.8) is 0 Å². The summed E-state index contributed by atoms with van der Waals surface area (Å²) in [4.78, 5) is 0. The fraction of sp³-hybridized carbons (Fsp3) is 0.200. The van der Waals surface area contributed by atoms with Gasteiger partial charge in [-0.3, -0.25) is 0 Å². The maximum absolute atomic E-state index is 5.89. The van der Waals surface area contributed by atoms with Gasteiger partial charge in [0.25, 0.3) is 0 Å². The second-order valence-electron chi connectivity index (χ2n) is 4.29. The lowest BCUT2D eigenvalue weighted by atomic mass is 10.2. The Labute approximate surface area is 121 Å². The van der Waals surface area contributed by atoms with Crippen LogP contribution in [0, 0.1) is 6.92 Å². The first-order valence-corrected chi connectivity index (χ1v) is 6.71. The molecule has 0 aliphatic carbocycles. The highest BCUT2D eigenvalue weighted by atomic mass is 79.9. The molecule has 0 fully saturated rings. The van der Waals surface area contributed by atoms with Crippen LogP contribution >= 0.6 is 15.9 Å². The van der Waals surface area contributed by atoms with Gasteiger partial charge in [0.2, 0.25) is 0 Å². The summed E-state index contributed by atoms with van der Waals surface area (Å²) in [5.41, 5.74) is 8.61. The summed E-state index contributed by atoms with van der Waals surface area (Å²) >= 11 is 3.44. The highest BCUT2D eigenvalue weighted by Crippen LogP contribution is 2.27. The number of rotatable bonds is 4. The van der Waals surface area contributed by atoms with Crippen LogP contribution in [-0.2, 0) is 6.61 Å². The average Bonchev–Trinajstić information content (AvgIpc) is 2.40. The lowest BCUT2D eigenvalue weighted by Crippen LogP contribution is -2.01. The van der Waals surface area contributed by atoms with E-state index in [1.807, 2.05) is 43.3 Å². The molecule has 0 saturated carbocycles. The van der Waals surface area contributed by atoms with Crippen LogP contribution < -0.4 is 15.2 Å². The summed E-state index contributed by atoms with van der Waals surface area (Å²) in [5, 5.41) is 0. The summed E-state index contributed by atoms with van der Waals surface area (Å²) < 4.78 is 12.1. The van der Waals surface area contributed by atoms with E-state index in [1.165, 1.54) is 0 Å². The number of nitrogens with two attached hydrogens (primary N) is 1. The number of halogens is 1. The third-order valence-electron chi connectivity index (χ3n) is 2.79. The molecule has 19 heavy (non-hydrogen) atoms. The van der Waals surface area contributed by atoms with Gasteiger partial charge in [-0.2, -0.15) is 0 Å². The zero-order chi connectivity index (χ0) is 13.8. The molecule has 100 valence electrons. The van der Waals surface area contributed by atoms with Crippen molar-refractivity contribution in [3.8, 4) is 11.5 Å². The molecule has 0 unspecified atom stereocenters. The summed E-state index contributed by atoms with van der Waals surface area (Å²) in [6, 6.07) is 11.6. The Hall–Kier alpha value is -1.68. The molecule has 2 rings (SSSR count). The van der Waals surface area contributed by atoms with E-state index in [9.17, 15) is 0 Å². The quantitative estimate of drug-likeness (QED) is 0.868. The zero-order valence-electron chi connectivity index (χ0n) is 10.9. The van der Waals surface area contributed by atoms with Gasteiger partial charge in [0.1, 0.15) is 18.1 Å². The molecule has 3 nitrogen and oxygen atoms in total. The minimum absolute atomic E-state index is 0.413. The molecule has 0 aromatic heterocycles. The van der Waals surface area contributed by atoms with Gasteiger partial charge in [-0.05, 0) is 42.8 Å². The molecule has 0 aliphatic rings. The van der Waals surface area contributed by atoms with E-state index < -0.39 is 0 Å². The molecular formula is C15H16BrNO2. The van der Waals surface area contributed by atoms with Crippen LogP contribution in [0.15, 0.2) is 40.9 Å². The molecule has 2 aromatic carbocycles. The smallest absolute Gasteiger partial charge is 0.142 e. The second-order valence-corrected chi connectivity index (χ2v) is 5.20. The van der Waals surface area contributed by atoms with Crippen LogP contribution in [-0.4, -0.2) is 7.11 Å². The molecule has 0 heterocycles. The van der Waals surface area contributed by atoms with Crippen LogP contribution in [0.4, 0.5) is 5.69 Å². The third-order valence-corrected chi connectivity index (χ3v) is 3.29. The predicted octanol–water partition coefficient (Wildman–Crippen LogP) is 3.93. The van der Waals surface area contributed by atoms with Gasteiger partial charge in [-0.15, -0.1) is 0 Å². The summed E-state index contributed by atoms with van der Waals surface area (Å²) in [6.07, 6.45) is 0. The number of anilines is 1. The third kappa shape index (κ3) is 3.41. The molecule has 0 radical (unpaired) electrons. The Bertz CT molecular complexity index is 584. The molecule has 4 heteroatoms. The van der Waals surface area contributed by atoms with Crippen molar-refractivity contribution in [1.82, 2.24) is 0 Å². The Morgan fingerprint density at radius 3 is 2.63 bits per heavy atom. The molecule has 0 aliphatic heterocycles. The molecule has 0 bridgehead atoms. The van der Waals surface area contributed by atoms with Gasteiger partial charge in [0, 0.05) is 10.0 Å². The molecule has 2 aromatic rings. The van der Waals surface area contributed by atoms with Gasteiger partial charge in [0.05, 0.1) is 12.8 Å². The lowest BCUT2D eigenvalue weighted by molar-refractivity contribution is 0.298. The number of ether oxygens (including phenoxy) is 2. The number of benzene rings is 2. The van der Waals surface area contributed by atoms with Crippen molar-refractivity contribution in [2.75, 3.05) is 12.8 Å². The summed E-state index contributed by atoms with van der Waals surface area (Å²) in [6.45, 7) is 2.42. The standard InChI is InChI=1S/C15H16BrNO2/c1-10-3-5-13(17)15(7-10)19-9-11-8-12(16)4-6-14(11)18-2/h3-8H,9,17H2,1-2H3. The molecular weight excluding hydrogens is 306 g/mol. The van der Waals surface area contributed by atoms with Gasteiger partial charge >= 0.3 is 0 Å². The van der Waals surface area contributed by atoms with Crippen molar-refractivity contribution in [2.24, 2.45) is 0 Å². The van der Waals surface area contributed by atoms with Crippen LogP contribution in [0.2, 0.25) is 0 Å². The van der Waals surface area contributed by atoms with E-state index >= 15 is 0 Å². The second kappa shape index (κ2) is 5.97. The SMILES string of the molecule is COc1ccc(Br)cc1COc1cc(C)ccc1N. The number of aryl methyl sites for hydroxylation is 1. The van der Waals surface area contributed by atoms with Crippen molar-refractivity contribution in [2.45, 2.75) is 13.5 Å². The molecule has 0 saturated heterocycles. The highest BCUT2D eigenvalue weighted by molar-refractivity contribution is 9.10. The largest absolute Gasteiger partial charge is 0.496 e. The number of methoxy groups -OCH3 is 1. The van der Waals surface area contributed by atoms with Crippen molar-refractivity contribution >= 4 is 21.6 Å². The lowest BCUT2D eigenvalue weighted by Gasteiger charge is -2.12. The van der Waals surface area contributed by atoms with Crippen molar-refractivity contribution in [3.05, 3.63) is 52.0 Å². The van der Waals surface area contributed by atoms with Gasteiger partial charge in [0.15, 0.2) is 0 Å². The van der Waals surface area contributed by atoms with Crippen LogP contribution in [0.1, 0.15) is 11.1 Å². The Balaban J connectivity index is 2.18. The van der Waals surface area contributed by atoms with E-state index in [1.54, 1.807) is 7.11 Å². The van der Waals surface area contributed by atoms with Crippen molar-refractivity contribution in [1.29, 1.82) is 0 Å². The average molecular weight is 322 g/mol. The zero-order valence-corrected chi connectivity index (χ0v) is 12.5. The maximum Gasteiger partial charge on any atom is 0.142 e. The minimum Gasteiger partial charge on any atom is -0.496 e. The Kier molecular flexibility index (Phi) is 4.32. The molecule has 0 amide bonds. The first-order valence-electron chi connectivity index (χ1n) is 5.91. The molecule has 0 atom stereocenters. The van der Waals surface area contributed by atoms with Gasteiger partial charge in [-0.1, -0.05) is 22.0 Å². The normalized spacial score (nSPS) is 10.3. The maximum atomic E-state index is 5.89. The minimum atomic E-state index is 0.413. The van der Waals surface area contributed by atoms with E-state index in [2.05, 4.69) is 15.9 Å². The predicted molar refractivity (Wildman–Crippen MR) is 80.6 cm³/mol. The van der Waals surface area contributed by atoms with Crippen LogP contribution in [0.5, 0.6) is 11.5 Å². The van der Waals surface area contributed by atoms with Crippen molar-refractivity contribution < 1.29 is 9.47 Å². The topological polar surface area (TPSA) is 44.5 Å². The van der Waals surface area contributed by atoms with E-state index in [0.717, 1.165) is 21.3 Å². The highest BCUT2D eigenvalue weighted by Gasteiger charge is 2.06. The number of hydrogen-bond donors (Lipinski definition) is 1. The van der Waals surface area contributed by atoms with Gasteiger partial charge in [-0.25, -0.2) is 0 Å². The van der Waals surface area contributed by atoms with E-state index in [-0.39, 0.29) is 0 Å². The van der Waals surface area contributed by atoms with Gasteiger partial charge < -0.3 is 15.2 Å². The number of hydrogen-bond acceptors (Lipinski definition) is 3. The first-order chi connectivity index (χ1) is 9.10.